The number of nitrogens with two attached hydrogens (primary N) is 2. The van der Waals surface area contributed by atoms with Crippen LogP contribution in [0.2, 0.25) is 0 Å². The molecule has 0 saturated carbocycles. The summed E-state index contributed by atoms with van der Waals surface area (Å²) in [5, 5.41) is 5.24. The second kappa shape index (κ2) is 8.34. The van der Waals surface area contributed by atoms with Gasteiger partial charge in [-0.1, -0.05) is 19.1 Å². The number of carbonyl (C=O) groups is 2. The minimum Gasteiger partial charge on any atom is -0.352 e. The van der Waals surface area contributed by atoms with E-state index in [0.29, 0.717) is 18.8 Å². The van der Waals surface area contributed by atoms with Gasteiger partial charge in [0.15, 0.2) is 0 Å². The van der Waals surface area contributed by atoms with E-state index in [2.05, 4.69) is 10.6 Å². The number of amides is 3. The number of hydrogen-bond acceptors (Lipinski definition) is 3. The normalized spacial score (nSPS) is 11.1. The Morgan fingerprint density at radius 3 is 2.32 bits per heavy atom. The molecule has 0 aliphatic carbocycles. The smallest absolute Gasteiger partial charge is 0.316 e. The molecule has 6 nitrogen and oxygen atoms in total. The van der Waals surface area contributed by atoms with Crippen molar-refractivity contribution >= 4 is 30.0 Å². The van der Waals surface area contributed by atoms with Gasteiger partial charge in [0.25, 0.3) is 0 Å². The zero-order valence-electron chi connectivity index (χ0n) is 10.7. The van der Waals surface area contributed by atoms with Crippen molar-refractivity contribution in [3.8, 4) is 0 Å². The monoisotopic (exact) mass is 286 g/mol. The lowest BCUT2D eigenvalue weighted by Gasteiger charge is -2.10. The van der Waals surface area contributed by atoms with E-state index < -0.39 is 6.03 Å². The summed E-state index contributed by atoms with van der Waals surface area (Å²) < 4.78 is 0. The van der Waals surface area contributed by atoms with Gasteiger partial charge in [0.1, 0.15) is 0 Å². The van der Waals surface area contributed by atoms with Crippen LogP contribution in [0.3, 0.4) is 0 Å². The van der Waals surface area contributed by atoms with Crippen molar-refractivity contribution in [3.05, 3.63) is 29.8 Å². The highest BCUT2D eigenvalue weighted by Crippen LogP contribution is 2.09. The number of anilines is 1. The highest BCUT2D eigenvalue weighted by atomic mass is 35.5. The predicted molar refractivity (Wildman–Crippen MR) is 77.0 cm³/mol. The van der Waals surface area contributed by atoms with Crippen LogP contribution in [-0.2, 0) is 11.3 Å². The summed E-state index contributed by atoms with van der Waals surface area (Å²) >= 11 is 0. The lowest BCUT2D eigenvalue weighted by molar-refractivity contribution is -0.124. The molecule has 106 valence electrons. The largest absolute Gasteiger partial charge is 0.352 e. The lowest BCUT2D eigenvalue weighted by atomic mass is 10.1. The number of nitrogens with one attached hydrogen (secondary N) is 2. The Morgan fingerprint density at radius 2 is 1.84 bits per heavy atom. The van der Waals surface area contributed by atoms with E-state index in [1.165, 1.54) is 0 Å². The summed E-state index contributed by atoms with van der Waals surface area (Å²) in [6.07, 6.45) is 0. The van der Waals surface area contributed by atoms with E-state index in [-0.39, 0.29) is 24.2 Å². The van der Waals surface area contributed by atoms with Crippen molar-refractivity contribution in [2.75, 3.05) is 11.9 Å². The first-order valence-corrected chi connectivity index (χ1v) is 5.66. The molecule has 1 rings (SSSR count). The molecule has 0 fully saturated rings. The summed E-state index contributed by atoms with van der Waals surface area (Å²) in [4.78, 5) is 22.1. The van der Waals surface area contributed by atoms with Crippen LogP contribution in [-0.4, -0.2) is 18.5 Å². The average Bonchev–Trinajstić information content (AvgIpc) is 2.36. The highest BCUT2D eigenvalue weighted by Gasteiger charge is 2.09. The first-order valence-electron chi connectivity index (χ1n) is 5.66. The molecule has 1 aromatic carbocycles. The molecule has 6 N–H and O–H groups in total. The Kier molecular flexibility index (Phi) is 7.55. The summed E-state index contributed by atoms with van der Waals surface area (Å²) in [7, 11) is 0. The minimum absolute atomic E-state index is 0. The fraction of sp³-hybridized carbons (Fsp3) is 0.333. The molecule has 3 amide bonds. The molecule has 0 aliphatic heterocycles. The number of hydrogen-bond donors (Lipinski definition) is 4. The maximum atomic E-state index is 11.5. The zero-order valence-corrected chi connectivity index (χ0v) is 11.5. The third-order valence-electron chi connectivity index (χ3n) is 2.49. The standard InChI is InChI=1S/C12H18N4O2.ClH/c1-8(6-13)11(17)15-7-9-2-4-10(5-3-9)16-12(14)18;/h2-5,8H,6-7,13H2,1H3,(H,15,17)(H3,14,16,18);1H. The van der Waals surface area contributed by atoms with Crippen LogP contribution < -0.4 is 22.1 Å². The average molecular weight is 287 g/mol. The van der Waals surface area contributed by atoms with Crippen molar-refractivity contribution in [2.24, 2.45) is 17.4 Å². The molecule has 1 atom stereocenters. The molecule has 1 unspecified atom stereocenters. The van der Waals surface area contributed by atoms with E-state index in [1.807, 2.05) is 0 Å². The van der Waals surface area contributed by atoms with E-state index in [4.69, 9.17) is 11.5 Å². The molecule has 0 heterocycles. The van der Waals surface area contributed by atoms with Crippen LogP contribution in [0.5, 0.6) is 0 Å². The van der Waals surface area contributed by atoms with Crippen molar-refractivity contribution in [1.82, 2.24) is 5.32 Å². The summed E-state index contributed by atoms with van der Waals surface area (Å²) in [6, 6.07) is 6.45. The quantitative estimate of drug-likeness (QED) is 0.643. The summed E-state index contributed by atoms with van der Waals surface area (Å²) in [5.74, 6) is -0.266. The van der Waals surface area contributed by atoms with Gasteiger partial charge in [-0.15, -0.1) is 12.4 Å². The van der Waals surface area contributed by atoms with Crippen LogP contribution in [0.4, 0.5) is 10.5 Å². The molecular weight excluding hydrogens is 268 g/mol. The third kappa shape index (κ3) is 6.08. The molecule has 0 aromatic heterocycles. The van der Waals surface area contributed by atoms with Gasteiger partial charge < -0.3 is 22.1 Å². The van der Waals surface area contributed by atoms with Gasteiger partial charge in [0, 0.05) is 24.7 Å². The Labute approximate surface area is 118 Å². The van der Waals surface area contributed by atoms with Crippen molar-refractivity contribution in [1.29, 1.82) is 0 Å². The Morgan fingerprint density at radius 1 is 1.26 bits per heavy atom. The van der Waals surface area contributed by atoms with Crippen molar-refractivity contribution in [2.45, 2.75) is 13.5 Å². The lowest BCUT2D eigenvalue weighted by Crippen LogP contribution is -2.32. The molecule has 0 radical (unpaired) electrons. The highest BCUT2D eigenvalue weighted by molar-refractivity contribution is 5.87. The van der Waals surface area contributed by atoms with Crippen LogP contribution in [0.25, 0.3) is 0 Å². The maximum absolute atomic E-state index is 11.5. The first-order chi connectivity index (χ1) is 8.52. The number of benzene rings is 1. The van der Waals surface area contributed by atoms with Crippen LogP contribution in [0.15, 0.2) is 24.3 Å². The number of rotatable bonds is 5. The molecule has 0 saturated heterocycles. The molecule has 7 heteroatoms. The van der Waals surface area contributed by atoms with Crippen molar-refractivity contribution in [3.63, 3.8) is 0 Å². The van der Waals surface area contributed by atoms with Gasteiger partial charge in [-0.25, -0.2) is 4.79 Å². The molecule has 0 spiro atoms. The van der Waals surface area contributed by atoms with Gasteiger partial charge >= 0.3 is 6.03 Å². The second-order valence-electron chi connectivity index (χ2n) is 4.04. The Hall–Kier alpha value is -1.79. The third-order valence-corrected chi connectivity index (χ3v) is 2.49. The van der Waals surface area contributed by atoms with Crippen LogP contribution in [0, 0.1) is 5.92 Å². The summed E-state index contributed by atoms with van der Waals surface area (Å²) in [5.41, 5.74) is 11.9. The van der Waals surface area contributed by atoms with Gasteiger partial charge in [-0.05, 0) is 17.7 Å². The zero-order chi connectivity index (χ0) is 13.5. The van der Waals surface area contributed by atoms with E-state index in [0.717, 1.165) is 5.56 Å². The number of carbonyl (C=O) groups excluding carboxylic acids is 2. The van der Waals surface area contributed by atoms with Gasteiger partial charge in [-0.2, -0.15) is 0 Å². The molecule has 19 heavy (non-hydrogen) atoms. The minimum atomic E-state index is -0.604. The van der Waals surface area contributed by atoms with Gasteiger partial charge in [0.2, 0.25) is 5.91 Å². The van der Waals surface area contributed by atoms with Gasteiger partial charge in [-0.3, -0.25) is 4.79 Å². The maximum Gasteiger partial charge on any atom is 0.316 e. The van der Waals surface area contributed by atoms with Gasteiger partial charge in [0.05, 0.1) is 0 Å². The number of halogens is 1. The Balaban J connectivity index is 0.00000324. The predicted octanol–water partition coefficient (Wildman–Crippen LogP) is 0.810. The Bertz CT molecular complexity index is 422. The topological polar surface area (TPSA) is 110 Å². The van der Waals surface area contributed by atoms with E-state index >= 15 is 0 Å². The van der Waals surface area contributed by atoms with Crippen molar-refractivity contribution < 1.29 is 9.59 Å². The SMILES string of the molecule is CC(CN)C(=O)NCc1ccc(NC(N)=O)cc1.Cl. The fourth-order valence-electron chi connectivity index (χ4n) is 1.32. The molecular formula is C12H19ClN4O2. The molecule has 0 aliphatic rings. The second-order valence-corrected chi connectivity index (χ2v) is 4.04. The van der Waals surface area contributed by atoms with Crippen LogP contribution >= 0.6 is 12.4 Å². The number of urea groups is 1. The summed E-state index contributed by atoms with van der Waals surface area (Å²) in [6.45, 7) is 2.53. The van der Waals surface area contributed by atoms with E-state index in [9.17, 15) is 9.59 Å². The van der Waals surface area contributed by atoms with E-state index in [1.54, 1.807) is 31.2 Å². The number of primary amides is 1. The molecule has 0 bridgehead atoms. The molecule has 1 aromatic rings. The fourth-order valence-corrected chi connectivity index (χ4v) is 1.32. The van der Waals surface area contributed by atoms with Crippen LogP contribution in [0.1, 0.15) is 12.5 Å². The first kappa shape index (κ1) is 17.2.